The second kappa shape index (κ2) is 2.60. The van der Waals surface area contributed by atoms with Crippen LogP contribution in [0.3, 0.4) is 0 Å². The zero-order valence-electron chi connectivity index (χ0n) is 6.26. The largest absolute Gasteiger partial charge is 0.156 e. The Balaban J connectivity index is 3.21. The van der Waals surface area contributed by atoms with Crippen molar-refractivity contribution in [2.24, 2.45) is 0 Å². The summed E-state index contributed by atoms with van der Waals surface area (Å²) in [5.74, 6) is 0. The fourth-order valence-corrected chi connectivity index (χ4v) is 0.777. The second-order valence-corrected chi connectivity index (χ2v) is 2.23. The molecule has 1 heterocycles. The van der Waals surface area contributed by atoms with Crippen LogP contribution in [-0.2, 0) is 0 Å². The summed E-state index contributed by atoms with van der Waals surface area (Å²) in [6.07, 6.45) is 1.79. The minimum Gasteiger partial charge on any atom is -0.156 e. The highest BCUT2D eigenvalue weighted by atomic mass is 15.1. The Morgan fingerprint density at radius 1 is 1.40 bits per heavy atom. The van der Waals surface area contributed by atoms with E-state index in [-0.39, 0.29) is 0 Å². The van der Waals surface area contributed by atoms with Gasteiger partial charge >= 0.3 is 0 Å². The summed E-state index contributed by atoms with van der Waals surface area (Å²) in [5, 5.41) is 7.82. The molecule has 1 rings (SSSR count). The van der Waals surface area contributed by atoms with Crippen LogP contribution in [0.2, 0.25) is 0 Å². The molecule has 2 nitrogen and oxygen atoms in total. The summed E-state index contributed by atoms with van der Waals surface area (Å²) in [5.41, 5.74) is 2.92. The fourth-order valence-electron chi connectivity index (χ4n) is 0.777. The predicted molar refractivity (Wildman–Crippen MR) is 41.6 cm³/mol. The highest BCUT2D eigenvalue weighted by Gasteiger charge is 1.94. The molecule has 52 valence electrons. The van der Waals surface area contributed by atoms with E-state index in [1.807, 2.05) is 19.9 Å². The smallest absolute Gasteiger partial charge is 0.0672 e. The first kappa shape index (κ1) is 6.93. The van der Waals surface area contributed by atoms with Crippen molar-refractivity contribution in [3.05, 3.63) is 29.6 Å². The van der Waals surface area contributed by atoms with Crippen molar-refractivity contribution >= 4 is 6.08 Å². The Morgan fingerprint density at radius 2 is 2.10 bits per heavy atom. The molecule has 1 aromatic heterocycles. The Labute approximate surface area is 60.6 Å². The maximum Gasteiger partial charge on any atom is 0.0672 e. The Morgan fingerprint density at radius 3 is 2.60 bits per heavy atom. The van der Waals surface area contributed by atoms with Gasteiger partial charge in [0.25, 0.3) is 0 Å². The monoisotopic (exact) mass is 134 g/mol. The van der Waals surface area contributed by atoms with Gasteiger partial charge in [-0.15, -0.1) is 0 Å². The van der Waals surface area contributed by atoms with E-state index in [0.29, 0.717) is 0 Å². The molecule has 0 aliphatic heterocycles. The van der Waals surface area contributed by atoms with Crippen molar-refractivity contribution in [2.45, 2.75) is 13.8 Å². The van der Waals surface area contributed by atoms with Gasteiger partial charge in [-0.25, -0.2) is 0 Å². The quantitative estimate of drug-likeness (QED) is 0.584. The Hall–Kier alpha value is -1.18. The summed E-state index contributed by atoms with van der Waals surface area (Å²) in [7, 11) is 0. The molecule has 0 radical (unpaired) electrons. The lowest BCUT2D eigenvalue weighted by atomic mass is 10.2. The number of rotatable bonds is 1. The first-order valence-electron chi connectivity index (χ1n) is 3.17. The summed E-state index contributed by atoms with van der Waals surface area (Å²) in [6.45, 7) is 7.50. The van der Waals surface area contributed by atoms with Gasteiger partial charge in [-0.3, -0.25) is 0 Å². The maximum atomic E-state index is 3.93. The first-order valence-corrected chi connectivity index (χ1v) is 3.17. The van der Waals surface area contributed by atoms with E-state index in [1.165, 1.54) is 0 Å². The molecule has 0 aliphatic rings. The molecule has 0 aromatic carbocycles. The highest BCUT2D eigenvalue weighted by molar-refractivity contribution is 5.48. The molecule has 0 N–H and O–H groups in total. The first-order chi connectivity index (χ1) is 4.74. The van der Waals surface area contributed by atoms with E-state index in [9.17, 15) is 0 Å². The normalized spacial score (nSPS) is 9.40. The van der Waals surface area contributed by atoms with Crippen LogP contribution in [-0.4, -0.2) is 10.2 Å². The number of hydrogen-bond donors (Lipinski definition) is 0. The highest BCUT2D eigenvalue weighted by Crippen LogP contribution is 2.05. The van der Waals surface area contributed by atoms with Crippen LogP contribution >= 0.6 is 0 Å². The molecule has 0 fully saturated rings. The average Bonchev–Trinajstić information content (AvgIpc) is 1.94. The molecular weight excluding hydrogens is 124 g/mol. The molecule has 1 aromatic rings. The van der Waals surface area contributed by atoms with Gasteiger partial charge in [0.2, 0.25) is 0 Å². The minimum atomic E-state index is 0.931. The van der Waals surface area contributed by atoms with Crippen LogP contribution < -0.4 is 0 Å². The predicted octanol–water partition coefficient (Wildman–Crippen LogP) is 1.74. The Bertz CT molecular complexity index is 253. The van der Waals surface area contributed by atoms with Gasteiger partial charge in [-0.05, 0) is 25.5 Å². The van der Waals surface area contributed by atoms with E-state index in [0.717, 1.165) is 17.0 Å². The van der Waals surface area contributed by atoms with Crippen LogP contribution in [0, 0.1) is 13.8 Å². The van der Waals surface area contributed by atoms with Gasteiger partial charge in [-0.2, -0.15) is 10.2 Å². The van der Waals surface area contributed by atoms with E-state index < -0.39 is 0 Å². The lowest BCUT2D eigenvalue weighted by Crippen LogP contribution is -1.92. The van der Waals surface area contributed by atoms with Crippen molar-refractivity contribution in [3.63, 3.8) is 0 Å². The van der Waals surface area contributed by atoms with Crippen LogP contribution in [0.25, 0.3) is 6.08 Å². The summed E-state index contributed by atoms with van der Waals surface area (Å²) >= 11 is 0. The van der Waals surface area contributed by atoms with Crippen molar-refractivity contribution in [3.8, 4) is 0 Å². The maximum absolute atomic E-state index is 3.93. The van der Waals surface area contributed by atoms with Crippen molar-refractivity contribution < 1.29 is 0 Å². The lowest BCUT2D eigenvalue weighted by molar-refractivity contribution is 0.936. The van der Waals surface area contributed by atoms with E-state index in [1.54, 1.807) is 6.08 Å². The third kappa shape index (κ3) is 1.21. The van der Waals surface area contributed by atoms with Gasteiger partial charge in [-0.1, -0.05) is 12.7 Å². The number of hydrogen-bond acceptors (Lipinski definition) is 2. The number of aryl methyl sites for hydroxylation is 2. The summed E-state index contributed by atoms with van der Waals surface area (Å²) in [6, 6.07) is 1.97. The van der Waals surface area contributed by atoms with Crippen LogP contribution in [0.15, 0.2) is 12.6 Å². The molecule has 0 unspecified atom stereocenters. The van der Waals surface area contributed by atoms with E-state index in [2.05, 4.69) is 16.8 Å². The van der Waals surface area contributed by atoms with E-state index >= 15 is 0 Å². The SMILES string of the molecule is C=Cc1cc(C)nnc1C. The third-order valence-electron chi connectivity index (χ3n) is 1.36. The summed E-state index contributed by atoms with van der Waals surface area (Å²) < 4.78 is 0. The zero-order chi connectivity index (χ0) is 7.56. The van der Waals surface area contributed by atoms with Crippen molar-refractivity contribution in [2.75, 3.05) is 0 Å². The van der Waals surface area contributed by atoms with Crippen LogP contribution in [0.5, 0.6) is 0 Å². The second-order valence-electron chi connectivity index (χ2n) is 2.23. The molecule has 2 heteroatoms. The topological polar surface area (TPSA) is 25.8 Å². The van der Waals surface area contributed by atoms with Gasteiger partial charge in [0.15, 0.2) is 0 Å². The van der Waals surface area contributed by atoms with Gasteiger partial charge < -0.3 is 0 Å². The molecule has 0 spiro atoms. The van der Waals surface area contributed by atoms with Crippen molar-refractivity contribution in [1.82, 2.24) is 10.2 Å². The molecule has 0 amide bonds. The summed E-state index contributed by atoms with van der Waals surface area (Å²) in [4.78, 5) is 0. The van der Waals surface area contributed by atoms with Crippen LogP contribution in [0.1, 0.15) is 17.0 Å². The van der Waals surface area contributed by atoms with Crippen LogP contribution in [0.4, 0.5) is 0 Å². The fraction of sp³-hybridized carbons (Fsp3) is 0.250. The molecule has 0 saturated carbocycles. The lowest BCUT2D eigenvalue weighted by Gasteiger charge is -1.97. The van der Waals surface area contributed by atoms with Gasteiger partial charge in [0, 0.05) is 0 Å². The molecule has 0 bridgehead atoms. The molecule has 0 atom stereocenters. The molecule has 10 heavy (non-hydrogen) atoms. The number of aromatic nitrogens is 2. The minimum absolute atomic E-state index is 0.931. The molecule has 0 aliphatic carbocycles. The third-order valence-corrected chi connectivity index (χ3v) is 1.36. The van der Waals surface area contributed by atoms with Gasteiger partial charge in [0.1, 0.15) is 0 Å². The van der Waals surface area contributed by atoms with Crippen molar-refractivity contribution in [1.29, 1.82) is 0 Å². The van der Waals surface area contributed by atoms with E-state index in [4.69, 9.17) is 0 Å². The molecular formula is C8H10N2. The van der Waals surface area contributed by atoms with Gasteiger partial charge in [0.05, 0.1) is 11.4 Å². The standard InChI is InChI=1S/C8H10N2/c1-4-8-5-6(2)9-10-7(8)3/h4-5H,1H2,2-3H3. The average molecular weight is 134 g/mol. The zero-order valence-corrected chi connectivity index (χ0v) is 6.26. The number of nitrogens with zero attached hydrogens (tertiary/aromatic N) is 2. The molecule has 0 saturated heterocycles. The Kier molecular flexibility index (Phi) is 1.81.